The zero-order valence-corrected chi connectivity index (χ0v) is 17.2. The van der Waals surface area contributed by atoms with Crippen molar-refractivity contribution >= 4 is 17.8 Å². The van der Waals surface area contributed by atoms with Gasteiger partial charge in [0.05, 0.1) is 0 Å². The highest BCUT2D eigenvalue weighted by Crippen LogP contribution is 2.38. The lowest BCUT2D eigenvalue weighted by Gasteiger charge is -2.44. The lowest BCUT2D eigenvalue weighted by molar-refractivity contribution is -0.142. The summed E-state index contributed by atoms with van der Waals surface area (Å²) in [6, 6.07) is 4.90. The van der Waals surface area contributed by atoms with E-state index in [0.29, 0.717) is 29.5 Å². The Bertz CT molecular complexity index is 901. The van der Waals surface area contributed by atoms with E-state index in [1.165, 1.54) is 19.3 Å². The Morgan fingerprint density at radius 1 is 1.13 bits per heavy atom. The van der Waals surface area contributed by atoms with Gasteiger partial charge in [-0.05, 0) is 56.2 Å². The second-order valence-electron chi connectivity index (χ2n) is 8.86. The Balaban J connectivity index is 1.33. The van der Waals surface area contributed by atoms with Gasteiger partial charge in [-0.15, -0.1) is 0 Å². The number of imide groups is 1. The minimum absolute atomic E-state index is 0.133. The van der Waals surface area contributed by atoms with Crippen molar-refractivity contribution in [3.8, 4) is 11.5 Å². The summed E-state index contributed by atoms with van der Waals surface area (Å²) in [6.45, 7) is 2.29. The van der Waals surface area contributed by atoms with Gasteiger partial charge in [0.1, 0.15) is 12.1 Å². The first kappa shape index (κ1) is 19.2. The minimum atomic E-state index is -1.24. The summed E-state index contributed by atoms with van der Waals surface area (Å²) in [5.41, 5.74) is -0.640. The van der Waals surface area contributed by atoms with Crippen molar-refractivity contribution in [3.63, 3.8) is 0 Å². The maximum absolute atomic E-state index is 13.2. The second-order valence-corrected chi connectivity index (χ2v) is 8.86. The fourth-order valence-electron chi connectivity index (χ4n) is 5.40. The van der Waals surface area contributed by atoms with Gasteiger partial charge in [0.15, 0.2) is 11.5 Å². The first-order chi connectivity index (χ1) is 14.5. The van der Waals surface area contributed by atoms with E-state index in [4.69, 9.17) is 9.47 Å². The number of hydrogen-bond acceptors (Lipinski definition) is 5. The quantitative estimate of drug-likeness (QED) is 0.769. The van der Waals surface area contributed by atoms with Crippen LogP contribution in [0.5, 0.6) is 11.5 Å². The summed E-state index contributed by atoms with van der Waals surface area (Å²) in [4.78, 5) is 42.0. The molecule has 30 heavy (non-hydrogen) atoms. The van der Waals surface area contributed by atoms with Gasteiger partial charge in [-0.25, -0.2) is 4.79 Å². The van der Waals surface area contributed by atoms with Crippen molar-refractivity contribution < 1.29 is 23.9 Å². The van der Waals surface area contributed by atoms with Crippen LogP contribution in [0.1, 0.15) is 51.0 Å². The van der Waals surface area contributed by atoms with Crippen molar-refractivity contribution in [2.24, 2.45) is 5.92 Å². The van der Waals surface area contributed by atoms with Gasteiger partial charge >= 0.3 is 6.03 Å². The summed E-state index contributed by atoms with van der Waals surface area (Å²) in [5.74, 6) is 1.15. The van der Waals surface area contributed by atoms with Crippen molar-refractivity contribution in [2.45, 2.75) is 57.0 Å². The van der Waals surface area contributed by atoms with Gasteiger partial charge in [-0.3, -0.25) is 14.5 Å². The van der Waals surface area contributed by atoms with Crippen LogP contribution in [0, 0.1) is 5.92 Å². The molecule has 3 heterocycles. The number of benzene rings is 1. The monoisotopic (exact) mass is 413 g/mol. The van der Waals surface area contributed by atoms with Crippen molar-refractivity contribution in [3.05, 3.63) is 23.8 Å². The minimum Gasteiger partial charge on any atom is -0.454 e. The third-order valence-electron chi connectivity index (χ3n) is 7.08. The van der Waals surface area contributed by atoms with E-state index in [9.17, 15) is 14.4 Å². The Kier molecular flexibility index (Phi) is 4.60. The lowest BCUT2D eigenvalue weighted by atomic mass is 9.78. The van der Waals surface area contributed by atoms with Crippen LogP contribution in [-0.2, 0) is 15.1 Å². The van der Waals surface area contributed by atoms with Crippen LogP contribution >= 0.6 is 0 Å². The molecule has 8 heteroatoms. The number of hydrogen-bond donors (Lipinski definition) is 1. The fourth-order valence-corrected chi connectivity index (χ4v) is 5.40. The smallest absolute Gasteiger partial charge is 0.325 e. The van der Waals surface area contributed by atoms with Crippen LogP contribution in [0.4, 0.5) is 4.79 Å². The SMILES string of the molecule is C[C@@]1(c2ccc3c(c2)OCO3)NC(=O)N(CC(=O)N2CCC[C@H]3CCCC[C@@H]32)C1=O. The van der Waals surface area contributed by atoms with E-state index in [-0.39, 0.29) is 25.3 Å². The number of nitrogens with one attached hydrogen (secondary N) is 1. The second kappa shape index (κ2) is 7.18. The predicted octanol–water partition coefficient (Wildman–Crippen LogP) is 2.36. The molecule has 1 saturated carbocycles. The first-order valence-corrected chi connectivity index (χ1v) is 10.8. The number of ether oxygens (including phenoxy) is 2. The van der Waals surface area contributed by atoms with E-state index in [1.54, 1.807) is 25.1 Å². The molecule has 0 unspecified atom stereocenters. The molecule has 8 nitrogen and oxygen atoms in total. The zero-order valence-electron chi connectivity index (χ0n) is 17.2. The Labute approximate surface area is 175 Å². The van der Waals surface area contributed by atoms with Gasteiger partial charge in [0, 0.05) is 12.6 Å². The number of fused-ring (bicyclic) bond motifs is 2. The topological polar surface area (TPSA) is 88.2 Å². The molecular weight excluding hydrogens is 386 g/mol. The first-order valence-electron chi connectivity index (χ1n) is 10.8. The molecule has 3 aliphatic heterocycles. The molecule has 0 bridgehead atoms. The van der Waals surface area contributed by atoms with Crippen LogP contribution in [0.25, 0.3) is 0 Å². The van der Waals surface area contributed by atoms with Gasteiger partial charge in [0.2, 0.25) is 12.7 Å². The van der Waals surface area contributed by atoms with E-state index in [0.717, 1.165) is 24.2 Å². The van der Waals surface area contributed by atoms with Crippen molar-refractivity contribution in [1.29, 1.82) is 0 Å². The molecule has 1 aromatic rings. The van der Waals surface area contributed by atoms with Gasteiger partial charge < -0.3 is 19.7 Å². The predicted molar refractivity (Wildman–Crippen MR) is 107 cm³/mol. The Morgan fingerprint density at radius 2 is 1.90 bits per heavy atom. The summed E-state index contributed by atoms with van der Waals surface area (Å²) < 4.78 is 10.7. The highest BCUT2D eigenvalue weighted by molar-refractivity contribution is 6.09. The number of piperidine rings is 1. The van der Waals surface area contributed by atoms with Gasteiger partial charge in [-0.2, -0.15) is 0 Å². The van der Waals surface area contributed by atoms with E-state index >= 15 is 0 Å². The van der Waals surface area contributed by atoms with Gasteiger partial charge in [-0.1, -0.05) is 18.9 Å². The average molecular weight is 413 g/mol. The largest absolute Gasteiger partial charge is 0.454 e. The van der Waals surface area contributed by atoms with Crippen LogP contribution in [0.2, 0.25) is 0 Å². The van der Waals surface area contributed by atoms with E-state index in [2.05, 4.69) is 5.32 Å². The highest BCUT2D eigenvalue weighted by Gasteiger charge is 2.50. The number of carbonyl (C=O) groups is 3. The van der Waals surface area contributed by atoms with Crippen LogP contribution in [0.3, 0.4) is 0 Å². The molecular formula is C22H27N3O5. The number of nitrogens with zero attached hydrogens (tertiary/aromatic N) is 2. The highest BCUT2D eigenvalue weighted by atomic mass is 16.7. The normalized spacial score (nSPS) is 30.3. The van der Waals surface area contributed by atoms with Crippen molar-refractivity contribution in [2.75, 3.05) is 19.9 Å². The molecule has 160 valence electrons. The Hall–Kier alpha value is -2.77. The standard InChI is InChI=1S/C22H27N3O5/c1-22(15-8-9-17-18(11-15)30-13-29-17)20(27)25(21(28)23-22)12-19(26)24-10-4-6-14-5-2-3-7-16(14)24/h8-9,11,14,16H,2-7,10,12-13H2,1H3,(H,23,28)/t14-,16+,22+/m1/s1. The third kappa shape index (κ3) is 3.00. The number of urea groups is 1. The summed E-state index contributed by atoms with van der Waals surface area (Å²) >= 11 is 0. The summed E-state index contributed by atoms with van der Waals surface area (Å²) in [6.07, 6.45) is 6.70. The molecule has 0 aromatic heterocycles. The molecule has 5 rings (SSSR count). The Morgan fingerprint density at radius 3 is 2.77 bits per heavy atom. The lowest BCUT2D eigenvalue weighted by Crippen LogP contribution is -2.53. The number of carbonyl (C=O) groups excluding carboxylic acids is 3. The van der Waals surface area contributed by atoms with Crippen LogP contribution < -0.4 is 14.8 Å². The summed E-state index contributed by atoms with van der Waals surface area (Å²) in [5, 5.41) is 2.77. The fraction of sp³-hybridized carbons (Fsp3) is 0.591. The van der Waals surface area contributed by atoms with Crippen molar-refractivity contribution in [1.82, 2.24) is 15.1 Å². The zero-order chi connectivity index (χ0) is 20.9. The average Bonchev–Trinajstić information content (AvgIpc) is 3.31. The molecule has 0 radical (unpaired) electrons. The van der Waals surface area contributed by atoms with Crippen LogP contribution in [0.15, 0.2) is 18.2 Å². The maximum Gasteiger partial charge on any atom is 0.325 e. The van der Waals surface area contributed by atoms with Crippen LogP contribution in [-0.4, -0.2) is 53.6 Å². The summed E-state index contributed by atoms with van der Waals surface area (Å²) in [7, 11) is 0. The molecule has 2 saturated heterocycles. The van der Waals surface area contributed by atoms with Gasteiger partial charge in [0.25, 0.3) is 5.91 Å². The molecule has 0 spiro atoms. The molecule has 4 aliphatic rings. The third-order valence-corrected chi connectivity index (χ3v) is 7.08. The van der Waals surface area contributed by atoms with E-state index in [1.807, 2.05) is 4.90 Å². The number of amides is 4. The molecule has 3 atom stereocenters. The number of likely N-dealkylation sites (tertiary alicyclic amines) is 1. The molecule has 3 fully saturated rings. The molecule has 4 amide bonds. The molecule has 1 aromatic carbocycles. The number of rotatable bonds is 3. The maximum atomic E-state index is 13.2. The molecule has 1 N–H and O–H groups in total. The molecule has 1 aliphatic carbocycles. The van der Waals surface area contributed by atoms with E-state index < -0.39 is 17.5 Å².